The summed E-state index contributed by atoms with van der Waals surface area (Å²) in [6, 6.07) is 18.5. The predicted octanol–water partition coefficient (Wildman–Crippen LogP) is 4.29. The van der Waals surface area contributed by atoms with E-state index < -0.39 is 6.04 Å². The zero-order chi connectivity index (χ0) is 18.5. The summed E-state index contributed by atoms with van der Waals surface area (Å²) in [6.45, 7) is -0.247. The molecular weight excluding hydrogens is 332 g/mol. The summed E-state index contributed by atoms with van der Waals surface area (Å²) >= 11 is 0. The lowest BCUT2D eigenvalue weighted by atomic mass is 9.98. The molecule has 6 heteroatoms. The summed E-state index contributed by atoms with van der Waals surface area (Å²) in [5, 5.41) is 16.6. The zero-order valence-corrected chi connectivity index (χ0v) is 14.6. The third kappa shape index (κ3) is 3.69. The lowest BCUT2D eigenvalue weighted by molar-refractivity contribution is -0.482. The highest BCUT2D eigenvalue weighted by molar-refractivity contribution is 5.86. The molecule has 0 fully saturated rings. The third-order valence-electron chi connectivity index (χ3n) is 4.27. The van der Waals surface area contributed by atoms with Gasteiger partial charge in [0.1, 0.15) is 17.5 Å². The minimum atomic E-state index is -0.501. The van der Waals surface area contributed by atoms with E-state index in [0.29, 0.717) is 17.2 Å². The molecule has 0 bridgehead atoms. The molecule has 0 aliphatic heterocycles. The maximum Gasteiger partial charge on any atom is 0.227 e. The lowest BCUT2D eigenvalue weighted by Crippen LogP contribution is -2.21. The summed E-state index contributed by atoms with van der Waals surface area (Å²) in [5.74, 6) is 1.22. The second-order valence-electron chi connectivity index (χ2n) is 5.85. The molecular formula is C20H20N2O4. The third-order valence-corrected chi connectivity index (χ3v) is 4.27. The SMILES string of the molecule is COc1ccc(N[C@H](C[N+](=O)[O-])c2cccc3ccccc23)c(OC)c1. The normalized spacial score (nSPS) is 11.8. The minimum Gasteiger partial charge on any atom is -0.497 e. The number of fused-ring (bicyclic) bond motifs is 1. The van der Waals surface area contributed by atoms with E-state index in [1.165, 1.54) is 0 Å². The van der Waals surface area contributed by atoms with Gasteiger partial charge in [0.25, 0.3) is 0 Å². The van der Waals surface area contributed by atoms with Crippen LogP contribution in [0, 0.1) is 10.1 Å². The maximum atomic E-state index is 11.3. The van der Waals surface area contributed by atoms with Crippen LogP contribution in [0.4, 0.5) is 5.69 Å². The molecule has 26 heavy (non-hydrogen) atoms. The number of nitro groups is 1. The van der Waals surface area contributed by atoms with Crippen molar-refractivity contribution < 1.29 is 14.4 Å². The number of rotatable bonds is 7. The van der Waals surface area contributed by atoms with Gasteiger partial charge in [-0.15, -0.1) is 0 Å². The highest BCUT2D eigenvalue weighted by Crippen LogP contribution is 2.33. The molecule has 0 saturated heterocycles. The van der Waals surface area contributed by atoms with E-state index in [0.717, 1.165) is 16.3 Å². The molecule has 3 rings (SSSR count). The van der Waals surface area contributed by atoms with Gasteiger partial charge in [-0.3, -0.25) is 10.1 Å². The van der Waals surface area contributed by atoms with E-state index in [-0.39, 0.29) is 11.5 Å². The predicted molar refractivity (Wildman–Crippen MR) is 102 cm³/mol. The number of anilines is 1. The number of nitrogens with zero attached hydrogens (tertiary/aromatic N) is 1. The number of hydrogen-bond donors (Lipinski definition) is 1. The molecule has 0 heterocycles. The van der Waals surface area contributed by atoms with Crippen LogP contribution in [0.2, 0.25) is 0 Å². The number of benzene rings is 3. The van der Waals surface area contributed by atoms with Gasteiger partial charge < -0.3 is 14.8 Å². The van der Waals surface area contributed by atoms with Gasteiger partial charge in [0.2, 0.25) is 6.54 Å². The lowest BCUT2D eigenvalue weighted by Gasteiger charge is -2.20. The first kappa shape index (κ1) is 17.5. The van der Waals surface area contributed by atoms with Crippen molar-refractivity contribution in [2.45, 2.75) is 6.04 Å². The van der Waals surface area contributed by atoms with Gasteiger partial charge in [-0.25, -0.2) is 0 Å². The number of nitrogens with one attached hydrogen (secondary N) is 1. The smallest absolute Gasteiger partial charge is 0.227 e. The molecule has 0 radical (unpaired) electrons. The Balaban J connectivity index is 2.03. The number of ether oxygens (including phenoxy) is 2. The molecule has 1 N–H and O–H groups in total. The van der Waals surface area contributed by atoms with Gasteiger partial charge in [0, 0.05) is 11.0 Å². The number of methoxy groups -OCH3 is 2. The molecule has 0 amide bonds. The highest BCUT2D eigenvalue weighted by atomic mass is 16.6. The second kappa shape index (κ2) is 7.74. The molecule has 3 aromatic carbocycles. The molecule has 0 aromatic heterocycles. The van der Waals surface area contributed by atoms with Crippen molar-refractivity contribution in [2.75, 3.05) is 26.1 Å². The Kier molecular flexibility index (Phi) is 5.22. The van der Waals surface area contributed by atoms with Crippen molar-refractivity contribution in [3.05, 3.63) is 76.3 Å². The largest absolute Gasteiger partial charge is 0.497 e. The Morgan fingerprint density at radius 3 is 2.54 bits per heavy atom. The average Bonchev–Trinajstić information content (AvgIpc) is 2.67. The summed E-state index contributed by atoms with van der Waals surface area (Å²) in [6.07, 6.45) is 0. The van der Waals surface area contributed by atoms with Gasteiger partial charge >= 0.3 is 0 Å². The molecule has 0 spiro atoms. The summed E-state index contributed by atoms with van der Waals surface area (Å²) < 4.78 is 10.6. The fourth-order valence-electron chi connectivity index (χ4n) is 3.03. The fourth-order valence-corrected chi connectivity index (χ4v) is 3.03. The molecule has 1 atom stereocenters. The first-order valence-corrected chi connectivity index (χ1v) is 8.20. The van der Waals surface area contributed by atoms with Crippen LogP contribution in [-0.2, 0) is 0 Å². The molecule has 3 aromatic rings. The number of hydrogen-bond acceptors (Lipinski definition) is 5. The van der Waals surface area contributed by atoms with Crippen molar-refractivity contribution in [3.8, 4) is 11.5 Å². The Hall–Kier alpha value is -3.28. The van der Waals surface area contributed by atoms with E-state index in [1.54, 1.807) is 32.4 Å². The van der Waals surface area contributed by atoms with Gasteiger partial charge in [-0.1, -0.05) is 42.5 Å². The van der Waals surface area contributed by atoms with Crippen LogP contribution in [0.5, 0.6) is 11.5 Å². The van der Waals surface area contributed by atoms with E-state index in [1.807, 2.05) is 42.5 Å². The Morgan fingerprint density at radius 1 is 1.04 bits per heavy atom. The van der Waals surface area contributed by atoms with E-state index in [9.17, 15) is 10.1 Å². The summed E-state index contributed by atoms with van der Waals surface area (Å²) in [5.41, 5.74) is 1.55. The van der Waals surface area contributed by atoms with Crippen LogP contribution in [0.1, 0.15) is 11.6 Å². The van der Waals surface area contributed by atoms with Crippen LogP contribution in [0.15, 0.2) is 60.7 Å². The minimum absolute atomic E-state index is 0.247. The van der Waals surface area contributed by atoms with E-state index in [4.69, 9.17) is 9.47 Å². The molecule has 6 nitrogen and oxygen atoms in total. The van der Waals surface area contributed by atoms with Crippen molar-refractivity contribution in [1.29, 1.82) is 0 Å². The van der Waals surface area contributed by atoms with Crippen molar-refractivity contribution in [3.63, 3.8) is 0 Å². The topological polar surface area (TPSA) is 73.6 Å². The van der Waals surface area contributed by atoms with Gasteiger partial charge in [-0.05, 0) is 28.5 Å². The average molecular weight is 352 g/mol. The fraction of sp³-hybridized carbons (Fsp3) is 0.200. The Morgan fingerprint density at radius 2 is 1.81 bits per heavy atom. The Labute approximate surface area is 151 Å². The maximum absolute atomic E-state index is 11.3. The molecule has 0 aliphatic rings. The molecule has 0 unspecified atom stereocenters. The van der Waals surface area contributed by atoms with Crippen LogP contribution in [0.25, 0.3) is 10.8 Å². The molecule has 0 saturated carbocycles. The monoisotopic (exact) mass is 352 g/mol. The van der Waals surface area contributed by atoms with Gasteiger partial charge in [0.05, 0.1) is 19.9 Å². The van der Waals surface area contributed by atoms with Crippen LogP contribution in [-0.4, -0.2) is 25.7 Å². The van der Waals surface area contributed by atoms with Crippen molar-refractivity contribution >= 4 is 16.5 Å². The molecule has 0 aliphatic carbocycles. The summed E-state index contributed by atoms with van der Waals surface area (Å²) in [4.78, 5) is 11.0. The van der Waals surface area contributed by atoms with Gasteiger partial charge in [-0.2, -0.15) is 0 Å². The Bertz CT molecular complexity index is 921. The van der Waals surface area contributed by atoms with Crippen LogP contribution in [0.3, 0.4) is 0 Å². The quantitative estimate of drug-likeness (QED) is 0.507. The summed E-state index contributed by atoms with van der Waals surface area (Å²) in [7, 11) is 3.13. The van der Waals surface area contributed by atoms with Gasteiger partial charge in [0.15, 0.2) is 0 Å². The van der Waals surface area contributed by atoms with E-state index >= 15 is 0 Å². The highest BCUT2D eigenvalue weighted by Gasteiger charge is 2.21. The first-order valence-electron chi connectivity index (χ1n) is 8.20. The van der Waals surface area contributed by atoms with Crippen molar-refractivity contribution in [1.82, 2.24) is 0 Å². The second-order valence-corrected chi connectivity index (χ2v) is 5.85. The van der Waals surface area contributed by atoms with E-state index in [2.05, 4.69) is 5.32 Å². The van der Waals surface area contributed by atoms with Crippen LogP contribution < -0.4 is 14.8 Å². The van der Waals surface area contributed by atoms with Crippen LogP contribution >= 0.6 is 0 Å². The zero-order valence-electron chi connectivity index (χ0n) is 14.6. The standard InChI is InChI=1S/C20H20N2O4/c1-25-15-10-11-18(20(12-15)26-2)21-19(13-22(23)24)17-9-5-7-14-6-3-4-8-16(14)17/h3-12,19,21H,13H2,1-2H3/t19-/m1/s1. The first-order chi connectivity index (χ1) is 12.6. The van der Waals surface area contributed by atoms with Crippen molar-refractivity contribution in [2.24, 2.45) is 0 Å². The molecule has 134 valence electrons.